The molecule has 28 heavy (non-hydrogen) atoms. The number of rotatable bonds is 2. The van der Waals surface area contributed by atoms with Gasteiger partial charge in [0.25, 0.3) is 0 Å². The molecule has 1 saturated heterocycles. The molecule has 154 valence electrons. The highest BCUT2D eigenvalue weighted by molar-refractivity contribution is 5.99. The van der Waals surface area contributed by atoms with E-state index in [0.717, 1.165) is 44.8 Å². The van der Waals surface area contributed by atoms with Gasteiger partial charge >= 0.3 is 0 Å². The van der Waals surface area contributed by atoms with E-state index in [1.54, 1.807) is 6.92 Å². The van der Waals surface area contributed by atoms with Gasteiger partial charge in [0.05, 0.1) is 24.7 Å². The van der Waals surface area contributed by atoms with Crippen LogP contribution in [0.1, 0.15) is 58.8 Å². The van der Waals surface area contributed by atoms with Crippen molar-refractivity contribution in [2.45, 2.75) is 70.7 Å². The van der Waals surface area contributed by atoms with Gasteiger partial charge in [0.1, 0.15) is 6.29 Å². The summed E-state index contributed by atoms with van der Waals surface area (Å²) in [6.45, 7) is 5.27. The lowest BCUT2D eigenvalue weighted by atomic mass is 9.43. The molecular weight excluding hydrogens is 356 g/mol. The summed E-state index contributed by atoms with van der Waals surface area (Å²) in [6.07, 6.45) is 8.51. The molecule has 5 rings (SSSR count). The van der Waals surface area contributed by atoms with Crippen molar-refractivity contribution < 1.29 is 24.2 Å². The second kappa shape index (κ2) is 6.23. The van der Waals surface area contributed by atoms with Crippen molar-refractivity contribution in [3.8, 4) is 0 Å². The second-order valence-electron chi connectivity index (χ2n) is 10.2. The van der Waals surface area contributed by atoms with E-state index in [-0.39, 0.29) is 23.0 Å². The van der Waals surface area contributed by atoms with Gasteiger partial charge in [-0.25, -0.2) is 0 Å². The van der Waals surface area contributed by atoms with Crippen LogP contribution in [0.2, 0.25) is 0 Å². The second-order valence-corrected chi connectivity index (χ2v) is 10.2. The Labute approximate surface area is 166 Å². The van der Waals surface area contributed by atoms with E-state index in [1.807, 2.05) is 6.08 Å². The van der Waals surface area contributed by atoms with Gasteiger partial charge in [-0.15, -0.1) is 0 Å². The van der Waals surface area contributed by atoms with Crippen LogP contribution in [0.3, 0.4) is 0 Å². The molecule has 5 nitrogen and oxygen atoms in total. The standard InChI is InChI=1S/C23H32O5/c1-14(25)17-5-6-18-16-4-3-15-11-23(27-9-10-28-23)8-7-21(15,2)20(16)19(26)12-22(17,18)13-24/h5,13,15-16,18-20,26H,3-4,6-12H2,1-2H3/t15?,16-,18-,19-,20+,21-,22-/m0/s1. The summed E-state index contributed by atoms with van der Waals surface area (Å²) < 4.78 is 12.0. The summed E-state index contributed by atoms with van der Waals surface area (Å²) >= 11 is 0. The minimum absolute atomic E-state index is 0.0183. The molecule has 1 aliphatic heterocycles. The van der Waals surface area contributed by atoms with Crippen LogP contribution in [0.15, 0.2) is 11.6 Å². The third-order valence-electron chi connectivity index (χ3n) is 9.23. The maximum Gasteiger partial charge on any atom is 0.168 e. The molecule has 3 saturated carbocycles. The van der Waals surface area contributed by atoms with Gasteiger partial charge in [0, 0.05) is 18.4 Å². The molecule has 4 aliphatic carbocycles. The molecule has 1 unspecified atom stereocenters. The topological polar surface area (TPSA) is 72.8 Å². The number of aliphatic hydroxyl groups is 1. The molecule has 1 spiro atoms. The number of aldehydes is 1. The summed E-state index contributed by atoms with van der Waals surface area (Å²) in [4.78, 5) is 24.5. The Balaban J connectivity index is 1.47. The van der Waals surface area contributed by atoms with Gasteiger partial charge in [-0.1, -0.05) is 13.0 Å². The van der Waals surface area contributed by atoms with Crippen molar-refractivity contribution >= 4 is 12.1 Å². The Kier molecular flexibility index (Phi) is 4.22. The van der Waals surface area contributed by atoms with Gasteiger partial charge in [-0.3, -0.25) is 4.79 Å². The Morgan fingerprint density at radius 3 is 2.64 bits per heavy atom. The van der Waals surface area contributed by atoms with Gasteiger partial charge in [0.2, 0.25) is 0 Å². The van der Waals surface area contributed by atoms with Gasteiger partial charge in [-0.2, -0.15) is 0 Å². The lowest BCUT2D eigenvalue weighted by molar-refractivity contribution is -0.239. The molecular formula is C23H32O5. The van der Waals surface area contributed by atoms with Gasteiger partial charge < -0.3 is 19.4 Å². The van der Waals surface area contributed by atoms with E-state index in [1.165, 1.54) is 0 Å². The molecule has 5 aliphatic rings. The number of hydrogen-bond donors (Lipinski definition) is 1. The first-order valence-corrected chi connectivity index (χ1v) is 11.0. The number of carbonyl (C=O) groups excluding carboxylic acids is 2. The van der Waals surface area contributed by atoms with Gasteiger partial charge in [-0.05, 0) is 68.1 Å². The molecule has 1 N–H and O–H groups in total. The molecule has 0 aromatic heterocycles. The minimum Gasteiger partial charge on any atom is -0.393 e. The number of Topliss-reactive ketones (excluding diaryl/α,β-unsaturated/α-hetero) is 1. The first-order valence-electron chi connectivity index (χ1n) is 11.0. The van der Waals surface area contributed by atoms with Crippen LogP contribution in [0, 0.1) is 34.5 Å². The van der Waals surface area contributed by atoms with Crippen molar-refractivity contribution in [3.05, 3.63) is 11.6 Å². The third-order valence-corrected chi connectivity index (χ3v) is 9.23. The average molecular weight is 389 g/mol. The minimum atomic E-state index is -0.775. The number of ether oxygens (including phenoxy) is 2. The number of fused-ring (bicyclic) bond motifs is 5. The largest absolute Gasteiger partial charge is 0.393 e. The molecule has 0 bridgehead atoms. The zero-order valence-electron chi connectivity index (χ0n) is 17.0. The molecule has 1 heterocycles. The summed E-state index contributed by atoms with van der Waals surface area (Å²) in [6, 6.07) is 0. The fourth-order valence-electron chi connectivity index (χ4n) is 8.05. The zero-order chi connectivity index (χ0) is 19.7. The Morgan fingerprint density at radius 1 is 1.21 bits per heavy atom. The third kappa shape index (κ3) is 2.36. The van der Waals surface area contributed by atoms with Crippen LogP contribution < -0.4 is 0 Å². The maximum atomic E-state index is 12.3. The highest BCUT2D eigenvalue weighted by Crippen LogP contribution is 2.67. The van der Waals surface area contributed by atoms with Crippen molar-refractivity contribution in [2.24, 2.45) is 34.5 Å². The highest BCUT2D eigenvalue weighted by atomic mass is 16.7. The lowest BCUT2D eigenvalue weighted by Crippen LogP contribution is -2.61. The number of hydrogen-bond acceptors (Lipinski definition) is 5. The predicted octanol–water partition coefficient (Wildman–Crippen LogP) is 3.05. The van der Waals surface area contributed by atoms with Crippen LogP contribution in [0.5, 0.6) is 0 Å². The van der Waals surface area contributed by atoms with Crippen LogP contribution >= 0.6 is 0 Å². The van der Waals surface area contributed by atoms with E-state index < -0.39 is 17.3 Å². The first-order chi connectivity index (χ1) is 13.4. The SMILES string of the molecule is CC(=O)C1=CC[C@H]2[C@@H]3CCC4CC5(CC[C@]4(C)[C@H]3[C@@H](O)C[C@]12C=O)OCCO5. The average Bonchev–Trinajstić information content (AvgIpc) is 3.27. The van der Waals surface area contributed by atoms with Crippen molar-refractivity contribution in [2.75, 3.05) is 13.2 Å². The van der Waals surface area contributed by atoms with Crippen molar-refractivity contribution in [1.29, 1.82) is 0 Å². The molecule has 0 aromatic rings. The van der Waals surface area contributed by atoms with Crippen LogP contribution in [-0.4, -0.2) is 42.3 Å². The number of carbonyl (C=O) groups is 2. The highest BCUT2D eigenvalue weighted by Gasteiger charge is 2.65. The van der Waals surface area contributed by atoms with E-state index in [2.05, 4.69) is 6.92 Å². The first kappa shape index (κ1) is 19.0. The number of ketones is 1. The van der Waals surface area contributed by atoms with Crippen LogP contribution in [-0.2, 0) is 19.1 Å². The van der Waals surface area contributed by atoms with Crippen LogP contribution in [0.4, 0.5) is 0 Å². The Morgan fingerprint density at radius 2 is 1.96 bits per heavy atom. The normalized spacial score (nSPS) is 49.1. The molecule has 0 amide bonds. The van der Waals surface area contributed by atoms with E-state index in [0.29, 0.717) is 37.0 Å². The predicted molar refractivity (Wildman–Crippen MR) is 102 cm³/mol. The Bertz CT molecular complexity index is 723. The smallest absolute Gasteiger partial charge is 0.168 e. The number of allylic oxidation sites excluding steroid dienone is 2. The van der Waals surface area contributed by atoms with Crippen molar-refractivity contribution in [1.82, 2.24) is 0 Å². The van der Waals surface area contributed by atoms with E-state index >= 15 is 0 Å². The monoisotopic (exact) mass is 388 g/mol. The fraction of sp³-hybridized carbons (Fsp3) is 0.826. The summed E-state index contributed by atoms with van der Waals surface area (Å²) in [7, 11) is 0. The lowest BCUT2D eigenvalue weighted by Gasteiger charge is -2.62. The summed E-state index contributed by atoms with van der Waals surface area (Å²) in [5, 5.41) is 11.3. The summed E-state index contributed by atoms with van der Waals surface area (Å²) in [5.41, 5.74) is -0.0901. The molecule has 0 radical (unpaired) electrons. The number of aliphatic hydroxyl groups excluding tert-OH is 1. The molecule has 7 atom stereocenters. The fourth-order valence-corrected chi connectivity index (χ4v) is 8.05. The molecule has 5 heteroatoms. The quantitative estimate of drug-likeness (QED) is 0.736. The summed E-state index contributed by atoms with van der Waals surface area (Å²) in [5.74, 6) is 0.686. The van der Waals surface area contributed by atoms with E-state index in [4.69, 9.17) is 9.47 Å². The maximum absolute atomic E-state index is 12.3. The zero-order valence-corrected chi connectivity index (χ0v) is 17.0. The van der Waals surface area contributed by atoms with Crippen molar-refractivity contribution in [3.63, 3.8) is 0 Å². The van der Waals surface area contributed by atoms with Gasteiger partial charge in [0.15, 0.2) is 11.6 Å². The molecule has 4 fully saturated rings. The Hall–Kier alpha value is -1.04. The van der Waals surface area contributed by atoms with Crippen LogP contribution in [0.25, 0.3) is 0 Å². The molecule has 0 aromatic carbocycles. The van der Waals surface area contributed by atoms with E-state index in [9.17, 15) is 14.7 Å².